The summed E-state index contributed by atoms with van der Waals surface area (Å²) in [6, 6.07) is 0. The first-order valence-electron chi connectivity index (χ1n) is 4.69. The van der Waals surface area contributed by atoms with E-state index in [1.165, 1.54) is 10.9 Å². The Morgan fingerprint density at radius 3 is 3.07 bits per heavy atom. The van der Waals surface area contributed by atoms with E-state index >= 15 is 0 Å². The van der Waals surface area contributed by atoms with Crippen LogP contribution in [0.2, 0.25) is 0 Å². The van der Waals surface area contributed by atoms with E-state index in [-0.39, 0.29) is 23.9 Å². The van der Waals surface area contributed by atoms with Gasteiger partial charge < -0.3 is 4.74 Å². The zero-order chi connectivity index (χ0) is 10.8. The number of ketones is 2. The molecule has 2 heterocycles. The molecule has 0 bridgehead atoms. The van der Waals surface area contributed by atoms with E-state index in [0.717, 1.165) is 0 Å². The standard InChI is InChI=1S/C9H11N3O3/c1-12-4-7(10-11-12)9(14)6-5-15-3-2-8(6)13/h4,6H,2-3,5H2,1H3. The zero-order valence-electron chi connectivity index (χ0n) is 8.34. The molecule has 0 aliphatic carbocycles. The van der Waals surface area contributed by atoms with Gasteiger partial charge in [0.2, 0.25) is 0 Å². The van der Waals surface area contributed by atoms with E-state index in [2.05, 4.69) is 10.3 Å². The van der Waals surface area contributed by atoms with Crippen LogP contribution in [0.5, 0.6) is 0 Å². The van der Waals surface area contributed by atoms with Crippen molar-refractivity contribution < 1.29 is 14.3 Å². The largest absolute Gasteiger partial charge is 0.380 e. The van der Waals surface area contributed by atoms with Crippen molar-refractivity contribution in [1.82, 2.24) is 15.0 Å². The number of hydrogen-bond acceptors (Lipinski definition) is 5. The maximum Gasteiger partial charge on any atom is 0.197 e. The smallest absolute Gasteiger partial charge is 0.197 e. The lowest BCUT2D eigenvalue weighted by Gasteiger charge is -2.18. The highest BCUT2D eigenvalue weighted by molar-refractivity contribution is 6.10. The van der Waals surface area contributed by atoms with Gasteiger partial charge >= 0.3 is 0 Å². The van der Waals surface area contributed by atoms with Gasteiger partial charge in [-0.2, -0.15) is 0 Å². The molecule has 1 aliphatic heterocycles. The van der Waals surface area contributed by atoms with Crippen molar-refractivity contribution in [3.8, 4) is 0 Å². The van der Waals surface area contributed by atoms with Gasteiger partial charge in [0, 0.05) is 13.5 Å². The topological polar surface area (TPSA) is 74.1 Å². The summed E-state index contributed by atoms with van der Waals surface area (Å²) < 4.78 is 6.54. The van der Waals surface area contributed by atoms with Crippen LogP contribution in [0.3, 0.4) is 0 Å². The monoisotopic (exact) mass is 209 g/mol. The lowest BCUT2D eigenvalue weighted by molar-refractivity contribution is -0.128. The number of aromatic nitrogens is 3. The molecule has 6 heteroatoms. The van der Waals surface area contributed by atoms with Gasteiger partial charge in [0.25, 0.3) is 0 Å². The zero-order valence-corrected chi connectivity index (χ0v) is 8.34. The fourth-order valence-corrected chi connectivity index (χ4v) is 1.50. The number of carbonyl (C=O) groups excluding carboxylic acids is 2. The average Bonchev–Trinajstić information content (AvgIpc) is 2.65. The normalized spacial score (nSPS) is 21.7. The van der Waals surface area contributed by atoms with E-state index < -0.39 is 5.92 Å². The van der Waals surface area contributed by atoms with Crippen molar-refractivity contribution >= 4 is 11.6 Å². The first-order valence-corrected chi connectivity index (χ1v) is 4.69. The number of Topliss-reactive ketones (excluding diaryl/α,β-unsaturated/α-hetero) is 2. The fourth-order valence-electron chi connectivity index (χ4n) is 1.50. The number of carbonyl (C=O) groups is 2. The molecule has 1 fully saturated rings. The first-order chi connectivity index (χ1) is 7.18. The maximum atomic E-state index is 11.8. The lowest BCUT2D eigenvalue weighted by atomic mass is 9.94. The van der Waals surface area contributed by atoms with Crippen LogP contribution in [0.1, 0.15) is 16.9 Å². The molecule has 15 heavy (non-hydrogen) atoms. The van der Waals surface area contributed by atoms with E-state index in [9.17, 15) is 9.59 Å². The highest BCUT2D eigenvalue weighted by Gasteiger charge is 2.31. The molecule has 0 spiro atoms. The molecule has 1 aromatic heterocycles. The molecule has 80 valence electrons. The maximum absolute atomic E-state index is 11.8. The Morgan fingerprint density at radius 1 is 1.67 bits per heavy atom. The average molecular weight is 209 g/mol. The highest BCUT2D eigenvalue weighted by Crippen LogP contribution is 2.14. The van der Waals surface area contributed by atoms with Gasteiger partial charge in [0.05, 0.1) is 19.4 Å². The Bertz CT molecular complexity index is 399. The van der Waals surface area contributed by atoms with Gasteiger partial charge in [0.15, 0.2) is 5.78 Å². The molecular formula is C9H11N3O3. The number of aryl methyl sites for hydroxylation is 1. The minimum absolute atomic E-state index is 0.0723. The van der Waals surface area contributed by atoms with Gasteiger partial charge in [-0.1, -0.05) is 5.21 Å². The number of nitrogens with zero attached hydrogens (tertiary/aromatic N) is 3. The molecule has 0 radical (unpaired) electrons. The predicted octanol–water partition coefficient (Wildman–Crippen LogP) is -0.397. The molecule has 1 aromatic rings. The van der Waals surface area contributed by atoms with Crippen LogP contribution in [0.15, 0.2) is 6.20 Å². The van der Waals surface area contributed by atoms with Gasteiger partial charge in [-0.25, -0.2) is 0 Å². The second-order valence-electron chi connectivity index (χ2n) is 3.49. The Balaban J connectivity index is 2.16. The van der Waals surface area contributed by atoms with Gasteiger partial charge in [-0.05, 0) is 0 Å². The van der Waals surface area contributed by atoms with Crippen LogP contribution in [0.25, 0.3) is 0 Å². The third kappa shape index (κ3) is 1.94. The summed E-state index contributed by atoms with van der Waals surface area (Å²) in [4.78, 5) is 23.3. The Labute approximate surface area is 86.2 Å². The second kappa shape index (κ2) is 3.90. The molecule has 2 rings (SSSR count). The van der Waals surface area contributed by atoms with Gasteiger partial charge in [0.1, 0.15) is 17.4 Å². The lowest BCUT2D eigenvalue weighted by Crippen LogP contribution is -2.34. The quantitative estimate of drug-likeness (QED) is 0.489. The van der Waals surface area contributed by atoms with Crippen LogP contribution in [-0.2, 0) is 16.6 Å². The summed E-state index contributed by atoms with van der Waals surface area (Å²) in [5.41, 5.74) is 0.223. The Hall–Kier alpha value is -1.56. The van der Waals surface area contributed by atoms with Gasteiger partial charge in [-0.15, -0.1) is 5.10 Å². The SMILES string of the molecule is Cn1cc(C(=O)C2COCCC2=O)nn1. The van der Waals surface area contributed by atoms with E-state index in [1.54, 1.807) is 7.05 Å². The first kappa shape index (κ1) is 9.97. The molecule has 6 nitrogen and oxygen atoms in total. The molecule has 1 atom stereocenters. The van der Waals surface area contributed by atoms with Crippen molar-refractivity contribution in [3.05, 3.63) is 11.9 Å². The highest BCUT2D eigenvalue weighted by atomic mass is 16.5. The van der Waals surface area contributed by atoms with Crippen LogP contribution in [0.4, 0.5) is 0 Å². The van der Waals surface area contributed by atoms with E-state index in [4.69, 9.17) is 4.74 Å². The number of ether oxygens (including phenoxy) is 1. The summed E-state index contributed by atoms with van der Waals surface area (Å²) in [7, 11) is 1.67. The van der Waals surface area contributed by atoms with E-state index in [0.29, 0.717) is 13.0 Å². The summed E-state index contributed by atoms with van der Waals surface area (Å²) in [5.74, 6) is -1.07. The predicted molar refractivity (Wildman–Crippen MR) is 49.3 cm³/mol. The van der Waals surface area contributed by atoms with Crippen LogP contribution >= 0.6 is 0 Å². The van der Waals surface area contributed by atoms with Crippen molar-refractivity contribution in [2.75, 3.05) is 13.2 Å². The van der Waals surface area contributed by atoms with Gasteiger partial charge in [-0.3, -0.25) is 14.3 Å². The molecule has 0 amide bonds. The van der Waals surface area contributed by atoms with Crippen LogP contribution in [-0.4, -0.2) is 39.8 Å². The molecule has 1 aliphatic rings. The molecule has 1 unspecified atom stereocenters. The fraction of sp³-hybridized carbons (Fsp3) is 0.556. The Morgan fingerprint density at radius 2 is 2.47 bits per heavy atom. The van der Waals surface area contributed by atoms with Crippen LogP contribution < -0.4 is 0 Å². The molecule has 0 aromatic carbocycles. The third-order valence-corrected chi connectivity index (χ3v) is 2.34. The van der Waals surface area contributed by atoms with Crippen molar-refractivity contribution in [3.63, 3.8) is 0 Å². The van der Waals surface area contributed by atoms with Crippen molar-refractivity contribution in [1.29, 1.82) is 0 Å². The third-order valence-electron chi connectivity index (χ3n) is 2.34. The van der Waals surface area contributed by atoms with Crippen molar-refractivity contribution in [2.45, 2.75) is 6.42 Å². The Kier molecular flexibility index (Phi) is 2.59. The number of hydrogen-bond donors (Lipinski definition) is 0. The molecule has 0 N–H and O–H groups in total. The molecular weight excluding hydrogens is 198 g/mol. The summed E-state index contributed by atoms with van der Waals surface area (Å²) in [6.45, 7) is 0.567. The number of rotatable bonds is 2. The minimum Gasteiger partial charge on any atom is -0.380 e. The van der Waals surface area contributed by atoms with Crippen LogP contribution in [0, 0.1) is 5.92 Å². The molecule has 1 saturated heterocycles. The minimum atomic E-state index is -0.699. The summed E-state index contributed by atoms with van der Waals surface area (Å²) >= 11 is 0. The summed E-state index contributed by atoms with van der Waals surface area (Å²) in [6.07, 6.45) is 1.81. The summed E-state index contributed by atoms with van der Waals surface area (Å²) in [5, 5.41) is 7.33. The second-order valence-corrected chi connectivity index (χ2v) is 3.49. The van der Waals surface area contributed by atoms with Crippen molar-refractivity contribution in [2.24, 2.45) is 13.0 Å². The molecule has 0 saturated carbocycles. The van der Waals surface area contributed by atoms with E-state index in [1.807, 2.05) is 0 Å².